The molecule has 2 fully saturated rings. The van der Waals surface area contributed by atoms with E-state index in [1.807, 2.05) is 55.9 Å². The second-order valence-corrected chi connectivity index (χ2v) is 13.5. The summed E-state index contributed by atoms with van der Waals surface area (Å²) in [6, 6.07) is 7.66. The minimum Gasteiger partial charge on any atom is -0.444 e. The number of fused-ring (bicyclic) bond motifs is 2. The second-order valence-electron chi connectivity index (χ2n) is 13.5. The average molecular weight is 621 g/mol. The van der Waals surface area contributed by atoms with Gasteiger partial charge in [0.05, 0.1) is 17.6 Å². The van der Waals surface area contributed by atoms with Gasteiger partial charge in [-0.25, -0.2) is 19.4 Å². The molecule has 6 rings (SSSR count). The first-order valence-electron chi connectivity index (χ1n) is 15.9. The van der Waals surface area contributed by atoms with Gasteiger partial charge in [-0.1, -0.05) is 19.1 Å². The molecule has 2 amide bonds. The lowest BCUT2D eigenvalue weighted by Gasteiger charge is -2.40. The normalized spacial score (nSPS) is 20.2. The highest BCUT2D eigenvalue weighted by Gasteiger charge is 2.34. The predicted octanol–water partition coefficient (Wildman–Crippen LogP) is 4.13. The Balaban J connectivity index is 1.27. The van der Waals surface area contributed by atoms with Gasteiger partial charge in [0.25, 0.3) is 5.91 Å². The molecule has 0 aliphatic carbocycles. The highest BCUT2D eigenvalue weighted by atomic mass is 16.6. The molecule has 0 radical (unpaired) electrons. The fourth-order valence-corrected chi connectivity index (χ4v) is 6.31. The largest absolute Gasteiger partial charge is 0.444 e. The first kappa shape index (κ1) is 31.0. The molecule has 242 valence electrons. The number of alkyl carbamates (subject to hydrolysis) is 1. The number of carbonyl (C=O) groups is 2. The van der Waals surface area contributed by atoms with Crippen molar-refractivity contribution in [1.29, 1.82) is 0 Å². The molecule has 3 aliphatic rings. The number of aromatic nitrogens is 4. The molecule has 13 heteroatoms. The van der Waals surface area contributed by atoms with Gasteiger partial charge in [0.1, 0.15) is 18.0 Å². The summed E-state index contributed by atoms with van der Waals surface area (Å²) in [6.45, 7) is 10.9. The number of benzene rings is 1. The Morgan fingerprint density at radius 1 is 1.11 bits per heavy atom. The summed E-state index contributed by atoms with van der Waals surface area (Å²) in [7, 11) is 0. The number of piperidine rings is 1. The Morgan fingerprint density at radius 2 is 1.87 bits per heavy atom. The molecule has 2 saturated heterocycles. The van der Waals surface area contributed by atoms with E-state index in [1.54, 1.807) is 4.90 Å². The molecular weight excluding hydrogens is 576 g/mol. The Morgan fingerprint density at radius 3 is 2.56 bits per heavy atom. The minimum atomic E-state index is -0.547. The maximum absolute atomic E-state index is 12.5. The van der Waals surface area contributed by atoms with E-state index in [-0.39, 0.29) is 23.6 Å². The van der Waals surface area contributed by atoms with Gasteiger partial charge >= 0.3 is 6.09 Å². The van der Waals surface area contributed by atoms with E-state index in [0.717, 1.165) is 62.4 Å². The van der Waals surface area contributed by atoms with Gasteiger partial charge in [-0.05, 0) is 70.4 Å². The van der Waals surface area contributed by atoms with Gasteiger partial charge < -0.3 is 34.6 Å². The summed E-state index contributed by atoms with van der Waals surface area (Å²) in [5.41, 5.74) is 2.30. The van der Waals surface area contributed by atoms with Crippen LogP contribution in [0.1, 0.15) is 66.0 Å². The average Bonchev–Trinajstić information content (AvgIpc) is 3.42. The number of rotatable bonds is 6. The third-order valence-corrected chi connectivity index (χ3v) is 8.86. The smallest absolute Gasteiger partial charge is 0.407 e. The number of nitrogens with one attached hydrogen (secondary N) is 1. The van der Waals surface area contributed by atoms with E-state index in [9.17, 15) is 14.7 Å². The molecule has 45 heavy (non-hydrogen) atoms. The number of nitrogens with zero attached hydrogens (tertiary/aromatic N) is 7. The van der Waals surface area contributed by atoms with Crippen molar-refractivity contribution in [2.24, 2.45) is 5.41 Å². The van der Waals surface area contributed by atoms with E-state index in [1.165, 1.54) is 0 Å². The maximum Gasteiger partial charge on any atom is 0.407 e. The minimum absolute atomic E-state index is 0.0528. The van der Waals surface area contributed by atoms with Crippen LogP contribution in [0.4, 0.5) is 27.8 Å². The Kier molecular flexibility index (Phi) is 8.57. The third kappa shape index (κ3) is 6.55. The molecule has 3 aliphatic heterocycles. The number of hydrogen-bond acceptors (Lipinski definition) is 10. The first-order chi connectivity index (χ1) is 21.5. The van der Waals surface area contributed by atoms with Crippen molar-refractivity contribution in [3.63, 3.8) is 0 Å². The number of para-hydroxylation sites is 2. The van der Waals surface area contributed by atoms with Gasteiger partial charge in [-0.3, -0.25) is 4.79 Å². The molecule has 1 unspecified atom stereocenters. The van der Waals surface area contributed by atoms with Crippen LogP contribution in [0.15, 0.2) is 30.5 Å². The molecule has 3 aromatic rings. The van der Waals surface area contributed by atoms with Gasteiger partial charge in [0.2, 0.25) is 0 Å². The second kappa shape index (κ2) is 12.4. The van der Waals surface area contributed by atoms with Crippen molar-refractivity contribution >= 4 is 46.2 Å². The van der Waals surface area contributed by atoms with Gasteiger partial charge in [0, 0.05) is 39.3 Å². The highest BCUT2D eigenvalue weighted by Crippen LogP contribution is 2.41. The number of hydrogen-bond donors (Lipinski definition) is 2. The zero-order valence-corrected chi connectivity index (χ0v) is 26.7. The van der Waals surface area contributed by atoms with Crippen LogP contribution < -0.4 is 20.0 Å². The zero-order chi connectivity index (χ0) is 31.8. The number of carbonyl (C=O) groups excluding carboxylic acids is 2. The van der Waals surface area contributed by atoms with Crippen molar-refractivity contribution in [2.45, 2.75) is 71.6 Å². The first-order valence-corrected chi connectivity index (χ1v) is 15.9. The number of amides is 2. The molecule has 2 aromatic heterocycles. The van der Waals surface area contributed by atoms with E-state index in [2.05, 4.69) is 22.0 Å². The van der Waals surface area contributed by atoms with Crippen molar-refractivity contribution in [3.05, 3.63) is 30.5 Å². The van der Waals surface area contributed by atoms with E-state index >= 15 is 0 Å². The van der Waals surface area contributed by atoms with Gasteiger partial charge in [-0.15, -0.1) is 5.10 Å². The summed E-state index contributed by atoms with van der Waals surface area (Å²) >= 11 is 0. The van der Waals surface area contributed by atoms with E-state index < -0.39 is 12.2 Å². The van der Waals surface area contributed by atoms with Crippen molar-refractivity contribution in [3.8, 4) is 0 Å². The van der Waals surface area contributed by atoms with Crippen LogP contribution in [0.2, 0.25) is 0 Å². The molecule has 5 heterocycles. The van der Waals surface area contributed by atoms with Crippen molar-refractivity contribution in [2.75, 3.05) is 60.6 Å². The molecule has 0 bridgehead atoms. The maximum atomic E-state index is 12.5. The monoisotopic (exact) mass is 620 g/mol. The lowest BCUT2D eigenvalue weighted by molar-refractivity contribution is -0.121. The zero-order valence-electron chi connectivity index (χ0n) is 26.7. The summed E-state index contributed by atoms with van der Waals surface area (Å²) < 4.78 is 13.5. The summed E-state index contributed by atoms with van der Waals surface area (Å²) in [5, 5.41) is 17.6. The Bertz CT molecular complexity index is 1540. The number of aliphatic hydroxyl groups excluding tert-OH is 1. The van der Waals surface area contributed by atoms with Crippen molar-refractivity contribution in [1.82, 2.24) is 25.1 Å². The Labute approximate surface area is 263 Å². The molecule has 1 aromatic carbocycles. The van der Waals surface area contributed by atoms with Crippen LogP contribution in [0.3, 0.4) is 0 Å². The lowest BCUT2D eigenvalue weighted by atomic mass is 9.80. The number of aliphatic hydroxyl groups is 1. The molecule has 13 nitrogen and oxygen atoms in total. The summed E-state index contributed by atoms with van der Waals surface area (Å²) in [6.07, 6.45) is 5.85. The lowest BCUT2D eigenvalue weighted by Crippen LogP contribution is -2.46. The Hall–Kier alpha value is -3.97. The van der Waals surface area contributed by atoms with E-state index in [0.29, 0.717) is 43.2 Å². The van der Waals surface area contributed by atoms with E-state index in [4.69, 9.17) is 24.5 Å². The third-order valence-electron chi connectivity index (χ3n) is 8.86. The SMILES string of the molecule is CC1(CNC(=O)OC(C)(C)C)CCN(c2cnc3c(N4CCN(C(=O)CO)c5ccccc54)nn(C4CCCCO4)c3n2)CC1. The highest BCUT2D eigenvalue weighted by molar-refractivity contribution is 6.00. The molecule has 2 N–H and O–H groups in total. The molecule has 1 atom stereocenters. The fraction of sp³-hybridized carbons (Fsp3) is 0.594. The topological polar surface area (TPSA) is 138 Å². The van der Waals surface area contributed by atoms with Crippen LogP contribution in [0.5, 0.6) is 0 Å². The molecular formula is C32H44N8O5. The van der Waals surface area contributed by atoms with Crippen LogP contribution in [-0.2, 0) is 14.3 Å². The standard InChI is InChI=1S/C32H44N8O5/c1-31(2,3)45-30(43)34-21-32(4)12-14-37(15-13-32)24-19-33-27-28(35-24)40(26-11-7-8-18-44-26)36-29(27)39-17-16-38(25(42)20-41)22-9-5-6-10-23(22)39/h5-6,9-10,19,26,41H,7-8,11-18,20-21H2,1-4H3,(H,34,43). The number of ether oxygens (including phenoxy) is 2. The van der Waals surface area contributed by atoms with Gasteiger partial charge in [-0.2, -0.15) is 0 Å². The van der Waals surface area contributed by atoms with Crippen LogP contribution in [-0.4, -0.2) is 88.4 Å². The quantitative estimate of drug-likeness (QED) is 0.414. The molecule has 0 spiro atoms. The van der Waals surface area contributed by atoms with Gasteiger partial charge in [0.15, 0.2) is 23.2 Å². The number of anilines is 4. The van der Waals surface area contributed by atoms with Crippen molar-refractivity contribution < 1.29 is 24.2 Å². The van der Waals surface area contributed by atoms with Crippen LogP contribution in [0.25, 0.3) is 11.2 Å². The predicted molar refractivity (Wildman–Crippen MR) is 171 cm³/mol. The van der Waals surface area contributed by atoms with Crippen LogP contribution in [0, 0.1) is 5.41 Å². The summed E-state index contributed by atoms with van der Waals surface area (Å²) in [4.78, 5) is 40.8. The summed E-state index contributed by atoms with van der Waals surface area (Å²) in [5.74, 6) is 1.11. The van der Waals surface area contributed by atoms with Crippen LogP contribution >= 0.6 is 0 Å². The fourth-order valence-electron chi connectivity index (χ4n) is 6.31. The molecule has 0 saturated carbocycles.